The van der Waals surface area contributed by atoms with Gasteiger partial charge in [0, 0.05) is 42.2 Å². The smallest absolute Gasteiger partial charge is 0.255 e. The van der Waals surface area contributed by atoms with Crippen LogP contribution in [0.5, 0.6) is 11.5 Å². The highest BCUT2D eigenvalue weighted by molar-refractivity contribution is 6.34. The average molecular weight is 499 g/mol. The van der Waals surface area contributed by atoms with Crippen LogP contribution in [0.4, 0.5) is 10.2 Å². The minimum Gasteiger partial charge on any atom is -0.453 e. The lowest BCUT2D eigenvalue weighted by atomic mass is 10.2. The van der Waals surface area contributed by atoms with E-state index in [2.05, 4.69) is 10.3 Å². The minimum absolute atomic E-state index is 0.0485. The van der Waals surface area contributed by atoms with E-state index in [0.717, 1.165) is 16.2 Å². The number of halogens is 3. The Bertz CT molecular complexity index is 1440. The number of anilines is 1. The molecule has 10 heteroatoms. The van der Waals surface area contributed by atoms with Crippen LogP contribution in [0.3, 0.4) is 0 Å². The third kappa shape index (κ3) is 5.03. The number of nitrogens with zero attached hydrogens (tertiary/aromatic N) is 2. The van der Waals surface area contributed by atoms with E-state index in [1.807, 2.05) is 6.07 Å². The number of rotatable bonds is 6. The zero-order valence-electron chi connectivity index (χ0n) is 17.5. The molecule has 0 aliphatic rings. The van der Waals surface area contributed by atoms with Crippen molar-refractivity contribution in [3.63, 3.8) is 0 Å². The van der Waals surface area contributed by atoms with Crippen molar-refractivity contribution >= 4 is 34.9 Å². The Morgan fingerprint density at radius 3 is 2.65 bits per heavy atom. The van der Waals surface area contributed by atoms with Crippen molar-refractivity contribution in [1.29, 1.82) is 0 Å². The van der Waals surface area contributed by atoms with Crippen LogP contribution < -0.4 is 21.3 Å². The maximum Gasteiger partial charge on any atom is 0.255 e. The van der Waals surface area contributed by atoms with E-state index in [9.17, 15) is 14.0 Å². The van der Waals surface area contributed by atoms with Crippen LogP contribution in [0, 0.1) is 5.82 Å². The standard InChI is InChI=1S/C24H17Cl2FN4O3/c25-17-4-2-1-3-14(17)12-30-24(33)15-5-8-21(32)31(13-15)16-6-7-19(18(27)11-16)34-20-9-10-29-23(28)22(20)26/h1-11,13H,12H2,(H2,28,29)(H,30,33). The van der Waals surface area contributed by atoms with Gasteiger partial charge in [-0.25, -0.2) is 9.37 Å². The first-order valence-corrected chi connectivity index (χ1v) is 10.7. The van der Waals surface area contributed by atoms with Crippen LogP contribution >= 0.6 is 23.2 Å². The van der Waals surface area contributed by atoms with Crippen molar-refractivity contribution in [3.8, 4) is 17.2 Å². The van der Waals surface area contributed by atoms with Gasteiger partial charge in [-0.3, -0.25) is 14.2 Å². The summed E-state index contributed by atoms with van der Waals surface area (Å²) in [6.45, 7) is 0.209. The van der Waals surface area contributed by atoms with Crippen molar-refractivity contribution < 1.29 is 13.9 Å². The Balaban J connectivity index is 1.56. The number of amides is 1. The Kier molecular flexibility index (Phi) is 6.81. The molecule has 0 spiro atoms. The molecule has 2 heterocycles. The number of carbonyl (C=O) groups is 1. The number of benzene rings is 2. The maximum atomic E-state index is 14.8. The van der Waals surface area contributed by atoms with Crippen LogP contribution in [-0.4, -0.2) is 15.5 Å². The minimum atomic E-state index is -0.746. The SMILES string of the molecule is Nc1nccc(Oc2ccc(-n3cc(C(=O)NCc4ccccc4Cl)ccc3=O)cc2F)c1Cl. The molecular weight excluding hydrogens is 482 g/mol. The average Bonchev–Trinajstić information content (AvgIpc) is 2.83. The molecule has 0 radical (unpaired) electrons. The summed E-state index contributed by atoms with van der Waals surface area (Å²) in [7, 11) is 0. The van der Waals surface area contributed by atoms with E-state index >= 15 is 0 Å². The van der Waals surface area contributed by atoms with Crippen LogP contribution in [0.2, 0.25) is 10.0 Å². The predicted molar refractivity (Wildman–Crippen MR) is 128 cm³/mol. The number of aromatic nitrogens is 2. The van der Waals surface area contributed by atoms with Crippen LogP contribution in [0.25, 0.3) is 5.69 Å². The molecule has 2 aromatic heterocycles. The molecule has 0 aliphatic carbocycles. The molecule has 0 saturated carbocycles. The summed E-state index contributed by atoms with van der Waals surface area (Å²) in [6.07, 6.45) is 2.71. The number of pyridine rings is 2. The van der Waals surface area contributed by atoms with Gasteiger partial charge in [0.15, 0.2) is 17.3 Å². The van der Waals surface area contributed by atoms with Crippen molar-refractivity contribution in [1.82, 2.24) is 14.9 Å². The molecule has 0 aliphatic heterocycles. The third-order valence-corrected chi connectivity index (χ3v) is 5.61. The quantitative estimate of drug-likeness (QED) is 0.390. The molecule has 0 bridgehead atoms. The van der Waals surface area contributed by atoms with Crippen LogP contribution in [0.1, 0.15) is 15.9 Å². The van der Waals surface area contributed by atoms with E-state index in [-0.39, 0.29) is 40.1 Å². The first-order chi connectivity index (χ1) is 16.3. The molecular formula is C24H17Cl2FN4O3. The second-order valence-corrected chi connectivity index (χ2v) is 7.91. The number of hydrogen-bond acceptors (Lipinski definition) is 5. The van der Waals surface area contributed by atoms with Gasteiger partial charge in [-0.05, 0) is 29.8 Å². The monoisotopic (exact) mass is 498 g/mol. The van der Waals surface area contributed by atoms with Crippen molar-refractivity contribution in [3.05, 3.63) is 110 Å². The van der Waals surface area contributed by atoms with E-state index in [1.54, 1.807) is 18.2 Å². The number of carbonyl (C=O) groups excluding carboxylic acids is 1. The number of nitrogen functional groups attached to an aromatic ring is 1. The number of nitrogens with two attached hydrogens (primary N) is 1. The highest BCUT2D eigenvalue weighted by Gasteiger charge is 2.14. The molecule has 7 nitrogen and oxygen atoms in total. The van der Waals surface area contributed by atoms with Crippen LogP contribution in [0.15, 0.2) is 77.9 Å². The zero-order valence-corrected chi connectivity index (χ0v) is 19.0. The molecule has 172 valence electrons. The predicted octanol–water partition coefficient (Wildman–Crippen LogP) is 4.98. The topological polar surface area (TPSA) is 99.2 Å². The van der Waals surface area contributed by atoms with Gasteiger partial charge >= 0.3 is 0 Å². The Labute approximate surface area is 203 Å². The molecule has 0 fully saturated rings. The molecule has 3 N–H and O–H groups in total. The van der Waals surface area contributed by atoms with Gasteiger partial charge in [0.05, 0.1) is 11.3 Å². The van der Waals surface area contributed by atoms with Gasteiger partial charge in [0.25, 0.3) is 11.5 Å². The lowest BCUT2D eigenvalue weighted by molar-refractivity contribution is 0.0950. The lowest BCUT2D eigenvalue weighted by Crippen LogP contribution is -2.26. The number of nitrogens with one attached hydrogen (secondary N) is 1. The summed E-state index contributed by atoms with van der Waals surface area (Å²) < 4.78 is 21.4. The van der Waals surface area contributed by atoms with Crippen molar-refractivity contribution in [2.75, 3.05) is 5.73 Å². The molecule has 0 saturated heterocycles. The van der Waals surface area contributed by atoms with E-state index < -0.39 is 17.3 Å². The Morgan fingerprint density at radius 2 is 1.88 bits per heavy atom. The fourth-order valence-corrected chi connectivity index (χ4v) is 3.46. The van der Waals surface area contributed by atoms with Gasteiger partial charge in [-0.1, -0.05) is 41.4 Å². The van der Waals surface area contributed by atoms with Gasteiger partial charge in [0.2, 0.25) is 0 Å². The first-order valence-electron chi connectivity index (χ1n) is 9.95. The van der Waals surface area contributed by atoms with Crippen molar-refractivity contribution in [2.45, 2.75) is 6.54 Å². The summed E-state index contributed by atoms with van der Waals surface area (Å²) in [5, 5.41) is 3.33. The van der Waals surface area contributed by atoms with E-state index in [4.69, 9.17) is 33.7 Å². The van der Waals surface area contributed by atoms with Gasteiger partial charge in [-0.15, -0.1) is 0 Å². The molecule has 1 amide bonds. The van der Waals surface area contributed by atoms with Gasteiger partial charge in [0.1, 0.15) is 10.8 Å². The van der Waals surface area contributed by atoms with Crippen molar-refractivity contribution in [2.24, 2.45) is 0 Å². The maximum absolute atomic E-state index is 14.8. The second kappa shape index (κ2) is 9.94. The molecule has 0 unspecified atom stereocenters. The van der Waals surface area contributed by atoms with Crippen LogP contribution in [-0.2, 0) is 6.54 Å². The third-order valence-electron chi connectivity index (χ3n) is 4.86. The fraction of sp³-hybridized carbons (Fsp3) is 0.0417. The lowest BCUT2D eigenvalue weighted by Gasteiger charge is -2.12. The molecule has 34 heavy (non-hydrogen) atoms. The zero-order chi connectivity index (χ0) is 24.2. The molecule has 0 atom stereocenters. The largest absolute Gasteiger partial charge is 0.453 e. The van der Waals surface area contributed by atoms with Gasteiger partial charge < -0.3 is 15.8 Å². The Hall–Kier alpha value is -3.88. The van der Waals surface area contributed by atoms with E-state index in [1.165, 1.54) is 42.7 Å². The highest BCUT2D eigenvalue weighted by Crippen LogP contribution is 2.33. The number of ether oxygens (including phenoxy) is 1. The fourth-order valence-electron chi connectivity index (χ4n) is 3.10. The van der Waals surface area contributed by atoms with Gasteiger partial charge in [-0.2, -0.15) is 0 Å². The normalized spacial score (nSPS) is 10.7. The second-order valence-electron chi connectivity index (χ2n) is 7.13. The Morgan fingerprint density at radius 1 is 1.09 bits per heavy atom. The summed E-state index contributed by atoms with van der Waals surface area (Å²) in [4.78, 5) is 28.8. The summed E-state index contributed by atoms with van der Waals surface area (Å²) in [5.41, 5.74) is 6.36. The van der Waals surface area contributed by atoms with E-state index in [0.29, 0.717) is 5.02 Å². The summed E-state index contributed by atoms with van der Waals surface area (Å²) >= 11 is 12.2. The molecule has 4 aromatic rings. The number of hydrogen-bond donors (Lipinski definition) is 2. The molecule has 2 aromatic carbocycles. The first kappa shape index (κ1) is 23.3. The summed E-state index contributed by atoms with van der Waals surface area (Å²) in [6, 6.07) is 15.1. The summed E-state index contributed by atoms with van der Waals surface area (Å²) in [5.74, 6) is -1.11. The highest BCUT2D eigenvalue weighted by atomic mass is 35.5. The molecule has 4 rings (SSSR count).